The van der Waals surface area contributed by atoms with Crippen LogP contribution in [0.25, 0.3) is 21.6 Å². The third kappa shape index (κ3) is 2.81. The molecule has 0 amide bonds. The summed E-state index contributed by atoms with van der Waals surface area (Å²) in [5, 5.41) is 3.22. The van der Waals surface area contributed by atoms with Gasteiger partial charge in [-0.1, -0.05) is 29.4 Å². The molecule has 0 radical (unpaired) electrons. The number of ether oxygens (including phenoxy) is 1. The summed E-state index contributed by atoms with van der Waals surface area (Å²) >= 11 is 0. The van der Waals surface area contributed by atoms with Gasteiger partial charge in [0.1, 0.15) is 17.4 Å². The second-order valence-corrected chi connectivity index (χ2v) is 3.60. The summed E-state index contributed by atoms with van der Waals surface area (Å²) in [4.78, 5) is 2.54. The number of hydrogen-bond donors (Lipinski definition) is 0. The number of azide groups is 1. The molecule has 19 heavy (non-hydrogen) atoms. The van der Waals surface area contributed by atoms with Crippen LogP contribution in [0.15, 0.2) is 47.6 Å². The lowest BCUT2D eigenvalue weighted by Gasteiger charge is -2.11. The predicted octanol–water partition coefficient (Wildman–Crippen LogP) is 4.28. The van der Waals surface area contributed by atoms with Crippen LogP contribution in [0, 0.1) is 11.6 Å². The van der Waals surface area contributed by atoms with Gasteiger partial charge in [0.05, 0.1) is 5.56 Å². The maximum Gasteiger partial charge on any atom is 0.167 e. The molecule has 0 aliphatic heterocycles. The molecular formula is C13H9F2N3O. The van der Waals surface area contributed by atoms with Gasteiger partial charge < -0.3 is 4.74 Å². The first-order chi connectivity index (χ1) is 9.24. The van der Waals surface area contributed by atoms with Gasteiger partial charge in [0.2, 0.25) is 0 Å². The van der Waals surface area contributed by atoms with Crippen molar-refractivity contribution in [3.63, 3.8) is 0 Å². The largest absolute Gasteiger partial charge is 0.487 e. The Labute approximate surface area is 107 Å². The third-order valence-corrected chi connectivity index (χ3v) is 2.46. The SMILES string of the molecule is [N-]=[N+]=NCOc1ccccc1-c1c(F)cccc1F. The highest BCUT2D eigenvalue weighted by Gasteiger charge is 2.14. The summed E-state index contributed by atoms with van der Waals surface area (Å²) in [5.41, 5.74) is 8.28. The first kappa shape index (κ1) is 12.9. The van der Waals surface area contributed by atoms with Crippen LogP contribution < -0.4 is 4.74 Å². The van der Waals surface area contributed by atoms with E-state index >= 15 is 0 Å². The summed E-state index contributed by atoms with van der Waals surface area (Å²) in [7, 11) is 0. The quantitative estimate of drug-likeness (QED) is 0.460. The summed E-state index contributed by atoms with van der Waals surface area (Å²) < 4.78 is 32.6. The number of benzene rings is 2. The fraction of sp³-hybridized carbons (Fsp3) is 0.0769. The van der Waals surface area contributed by atoms with Gasteiger partial charge in [-0.15, -0.1) is 0 Å². The van der Waals surface area contributed by atoms with Crippen molar-refractivity contribution in [3.8, 4) is 16.9 Å². The Balaban J connectivity index is 2.47. The Bertz CT molecular complexity index is 619. The molecule has 2 aromatic rings. The molecule has 0 fully saturated rings. The van der Waals surface area contributed by atoms with Gasteiger partial charge in [0.25, 0.3) is 0 Å². The van der Waals surface area contributed by atoms with E-state index in [1.807, 2.05) is 0 Å². The van der Waals surface area contributed by atoms with Crippen molar-refractivity contribution in [2.45, 2.75) is 0 Å². The zero-order valence-electron chi connectivity index (χ0n) is 9.75. The van der Waals surface area contributed by atoms with Crippen molar-refractivity contribution >= 4 is 0 Å². The highest BCUT2D eigenvalue weighted by molar-refractivity contribution is 5.71. The number of hydrogen-bond acceptors (Lipinski definition) is 2. The van der Waals surface area contributed by atoms with Crippen LogP contribution in [-0.4, -0.2) is 6.73 Å². The van der Waals surface area contributed by atoms with Gasteiger partial charge in [-0.25, -0.2) is 8.78 Å². The Morgan fingerprint density at radius 3 is 2.42 bits per heavy atom. The first-order valence-corrected chi connectivity index (χ1v) is 5.41. The van der Waals surface area contributed by atoms with E-state index in [9.17, 15) is 8.78 Å². The van der Waals surface area contributed by atoms with Gasteiger partial charge in [0.15, 0.2) is 6.73 Å². The van der Waals surface area contributed by atoms with Gasteiger partial charge >= 0.3 is 0 Å². The summed E-state index contributed by atoms with van der Waals surface area (Å²) in [6.07, 6.45) is 0. The number of para-hydroxylation sites is 1. The van der Waals surface area contributed by atoms with E-state index in [0.29, 0.717) is 0 Å². The van der Waals surface area contributed by atoms with Gasteiger partial charge in [0, 0.05) is 10.5 Å². The van der Waals surface area contributed by atoms with E-state index in [0.717, 1.165) is 0 Å². The van der Waals surface area contributed by atoms with Crippen LogP contribution in [0.1, 0.15) is 0 Å². The van der Waals surface area contributed by atoms with Crippen LogP contribution in [0.5, 0.6) is 5.75 Å². The lowest BCUT2D eigenvalue weighted by atomic mass is 10.0. The second kappa shape index (κ2) is 5.84. The number of halogens is 2. The lowest BCUT2D eigenvalue weighted by Crippen LogP contribution is -1.97. The van der Waals surface area contributed by atoms with E-state index in [1.54, 1.807) is 18.2 Å². The highest BCUT2D eigenvalue weighted by Crippen LogP contribution is 2.33. The molecule has 0 saturated heterocycles. The van der Waals surface area contributed by atoms with Crippen LogP contribution in [0.4, 0.5) is 8.78 Å². The van der Waals surface area contributed by atoms with Gasteiger partial charge in [-0.3, -0.25) is 0 Å². The van der Waals surface area contributed by atoms with E-state index in [2.05, 4.69) is 10.0 Å². The second-order valence-electron chi connectivity index (χ2n) is 3.60. The van der Waals surface area contributed by atoms with Crippen LogP contribution in [0.2, 0.25) is 0 Å². The number of nitrogens with zero attached hydrogens (tertiary/aromatic N) is 3. The molecule has 0 spiro atoms. The van der Waals surface area contributed by atoms with Crippen LogP contribution in [-0.2, 0) is 0 Å². The van der Waals surface area contributed by atoms with Crippen LogP contribution >= 0.6 is 0 Å². The molecule has 0 heterocycles. The minimum atomic E-state index is -0.681. The molecular weight excluding hydrogens is 252 g/mol. The van der Waals surface area contributed by atoms with Crippen molar-refractivity contribution in [1.82, 2.24) is 0 Å². The average molecular weight is 261 g/mol. The Morgan fingerprint density at radius 1 is 1.05 bits per heavy atom. The molecule has 0 saturated carbocycles. The zero-order chi connectivity index (χ0) is 13.7. The summed E-state index contributed by atoms with van der Waals surface area (Å²) in [6.45, 7) is -0.246. The van der Waals surface area contributed by atoms with Crippen molar-refractivity contribution in [3.05, 3.63) is 64.5 Å². The molecule has 2 rings (SSSR count). The zero-order valence-corrected chi connectivity index (χ0v) is 9.75. The Morgan fingerprint density at radius 2 is 1.74 bits per heavy atom. The predicted molar refractivity (Wildman–Crippen MR) is 66.4 cm³/mol. The van der Waals surface area contributed by atoms with Crippen molar-refractivity contribution in [2.75, 3.05) is 6.73 Å². The average Bonchev–Trinajstić information content (AvgIpc) is 2.40. The van der Waals surface area contributed by atoms with E-state index in [4.69, 9.17) is 10.3 Å². The maximum atomic E-state index is 13.7. The van der Waals surface area contributed by atoms with E-state index in [1.165, 1.54) is 24.3 Å². The Hall–Kier alpha value is -2.59. The van der Waals surface area contributed by atoms with Crippen molar-refractivity contribution < 1.29 is 13.5 Å². The third-order valence-electron chi connectivity index (χ3n) is 2.46. The molecule has 0 bridgehead atoms. The molecule has 6 heteroatoms. The minimum absolute atomic E-state index is 0.168. The molecule has 2 aromatic carbocycles. The van der Waals surface area contributed by atoms with Crippen LogP contribution in [0.3, 0.4) is 0 Å². The maximum absolute atomic E-state index is 13.7. The summed E-state index contributed by atoms with van der Waals surface area (Å²) in [5.74, 6) is -1.11. The van der Waals surface area contributed by atoms with E-state index in [-0.39, 0.29) is 23.6 Å². The topological polar surface area (TPSA) is 58.0 Å². The molecule has 4 nitrogen and oxygen atoms in total. The smallest absolute Gasteiger partial charge is 0.167 e. The number of rotatable bonds is 4. The summed E-state index contributed by atoms with van der Waals surface area (Å²) in [6, 6.07) is 10.0. The van der Waals surface area contributed by atoms with Crippen molar-refractivity contribution in [2.24, 2.45) is 5.11 Å². The highest BCUT2D eigenvalue weighted by atomic mass is 19.1. The lowest BCUT2D eigenvalue weighted by molar-refractivity contribution is 0.330. The Kier molecular flexibility index (Phi) is 3.95. The fourth-order valence-corrected chi connectivity index (χ4v) is 1.68. The molecule has 0 N–H and O–H groups in total. The van der Waals surface area contributed by atoms with E-state index < -0.39 is 11.6 Å². The molecule has 0 aliphatic carbocycles. The minimum Gasteiger partial charge on any atom is -0.487 e. The molecule has 0 aromatic heterocycles. The monoisotopic (exact) mass is 261 g/mol. The standard InChI is InChI=1S/C13H9F2N3O/c14-10-5-3-6-11(15)13(10)9-4-1-2-7-12(9)19-8-17-18-16/h1-7H,8H2. The fourth-order valence-electron chi connectivity index (χ4n) is 1.68. The van der Waals surface area contributed by atoms with Gasteiger partial charge in [-0.2, -0.15) is 0 Å². The normalized spacial score (nSPS) is 9.79. The first-order valence-electron chi connectivity index (χ1n) is 5.41. The molecule has 96 valence electrons. The van der Waals surface area contributed by atoms with Gasteiger partial charge in [-0.05, 0) is 23.7 Å². The molecule has 0 atom stereocenters. The molecule has 0 unspecified atom stereocenters. The molecule has 0 aliphatic rings. The van der Waals surface area contributed by atoms with Crippen molar-refractivity contribution in [1.29, 1.82) is 0 Å².